The third-order valence-corrected chi connectivity index (χ3v) is 3.37. The average Bonchev–Trinajstić information content (AvgIpc) is 2.57. The quantitative estimate of drug-likeness (QED) is 0.616. The summed E-state index contributed by atoms with van der Waals surface area (Å²) >= 11 is 2.25. The summed E-state index contributed by atoms with van der Waals surface area (Å²) in [6.07, 6.45) is 0.916. The van der Waals surface area contributed by atoms with Crippen LogP contribution in [0.1, 0.15) is 18.9 Å². The number of benzene rings is 1. The van der Waals surface area contributed by atoms with E-state index in [0.29, 0.717) is 0 Å². The molecule has 1 amide bonds. The highest BCUT2D eigenvalue weighted by Gasteiger charge is 2.29. The molecule has 1 aliphatic heterocycles. The van der Waals surface area contributed by atoms with Gasteiger partial charge in [-0.2, -0.15) is 0 Å². The van der Waals surface area contributed by atoms with Gasteiger partial charge in [0, 0.05) is 9.26 Å². The Morgan fingerprint density at radius 3 is 2.69 bits per heavy atom. The first-order chi connectivity index (χ1) is 7.61. The van der Waals surface area contributed by atoms with Gasteiger partial charge in [-0.25, -0.2) is 0 Å². The zero-order valence-corrected chi connectivity index (χ0v) is 11.2. The van der Waals surface area contributed by atoms with Gasteiger partial charge in [0.15, 0.2) is 5.78 Å². The van der Waals surface area contributed by atoms with Crippen molar-refractivity contribution in [2.75, 3.05) is 11.4 Å². The molecule has 1 aromatic carbocycles. The maximum absolute atomic E-state index is 11.6. The van der Waals surface area contributed by atoms with Crippen LogP contribution < -0.4 is 4.90 Å². The molecule has 0 aromatic heterocycles. The third-order valence-electron chi connectivity index (χ3n) is 2.70. The molecule has 3 nitrogen and oxygen atoms in total. The summed E-state index contributed by atoms with van der Waals surface area (Å²) in [5, 5.41) is 0. The molecule has 84 valence electrons. The summed E-state index contributed by atoms with van der Waals surface area (Å²) < 4.78 is 1.15. The Labute approximate surface area is 108 Å². The number of rotatable bonds is 2. The predicted octanol–water partition coefficient (Wildman–Crippen LogP) is 2.16. The predicted molar refractivity (Wildman–Crippen MR) is 70.5 cm³/mol. The Bertz CT molecular complexity index is 456. The van der Waals surface area contributed by atoms with Crippen molar-refractivity contribution in [3.05, 3.63) is 27.3 Å². The summed E-state index contributed by atoms with van der Waals surface area (Å²) in [7, 11) is 0. The Hall–Kier alpha value is -0.910. The molecule has 0 aliphatic carbocycles. The first-order valence-electron chi connectivity index (χ1n) is 5.22. The fourth-order valence-electron chi connectivity index (χ4n) is 1.90. The minimum atomic E-state index is -0.0825. The van der Waals surface area contributed by atoms with Crippen molar-refractivity contribution in [3.63, 3.8) is 0 Å². The van der Waals surface area contributed by atoms with Crippen LogP contribution in [0.5, 0.6) is 0 Å². The van der Waals surface area contributed by atoms with Crippen LogP contribution in [0.2, 0.25) is 0 Å². The average molecular weight is 329 g/mol. The lowest BCUT2D eigenvalue weighted by Gasteiger charge is -2.18. The molecular weight excluding hydrogens is 317 g/mol. The SMILES string of the molecule is CCc1cc(I)ccc1N1CC(=O)CC1=O. The summed E-state index contributed by atoms with van der Waals surface area (Å²) in [6, 6.07) is 5.95. The van der Waals surface area contributed by atoms with Gasteiger partial charge in [-0.1, -0.05) is 6.92 Å². The van der Waals surface area contributed by atoms with Gasteiger partial charge in [0.25, 0.3) is 0 Å². The van der Waals surface area contributed by atoms with Crippen molar-refractivity contribution >= 4 is 40.0 Å². The summed E-state index contributed by atoms with van der Waals surface area (Å²) in [4.78, 5) is 24.5. The lowest BCUT2D eigenvalue weighted by Crippen LogP contribution is -2.25. The molecule has 1 aromatic rings. The Kier molecular flexibility index (Phi) is 3.28. The molecule has 0 spiro atoms. The van der Waals surface area contributed by atoms with Crippen LogP contribution in [0.3, 0.4) is 0 Å². The van der Waals surface area contributed by atoms with E-state index in [-0.39, 0.29) is 24.7 Å². The zero-order valence-electron chi connectivity index (χ0n) is 9.00. The number of ketones is 1. The van der Waals surface area contributed by atoms with E-state index in [1.165, 1.54) is 0 Å². The van der Waals surface area contributed by atoms with Crippen LogP contribution in [-0.4, -0.2) is 18.2 Å². The maximum Gasteiger partial charge on any atom is 0.234 e. The van der Waals surface area contributed by atoms with E-state index in [4.69, 9.17) is 0 Å². The van der Waals surface area contributed by atoms with E-state index >= 15 is 0 Å². The van der Waals surface area contributed by atoms with Gasteiger partial charge in [0.1, 0.15) is 0 Å². The van der Waals surface area contributed by atoms with Crippen molar-refractivity contribution in [3.8, 4) is 0 Å². The van der Waals surface area contributed by atoms with E-state index in [0.717, 1.165) is 21.2 Å². The normalized spacial score (nSPS) is 16.0. The van der Waals surface area contributed by atoms with E-state index in [9.17, 15) is 9.59 Å². The molecule has 1 aliphatic rings. The molecule has 16 heavy (non-hydrogen) atoms. The lowest BCUT2D eigenvalue weighted by atomic mass is 10.1. The molecule has 0 unspecified atom stereocenters. The largest absolute Gasteiger partial charge is 0.304 e. The zero-order chi connectivity index (χ0) is 11.7. The summed E-state index contributed by atoms with van der Waals surface area (Å²) in [5.74, 6) is -0.0773. The van der Waals surface area contributed by atoms with Gasteiger partial charge in [-0.05, 0) is 52.8 Å². The highest BCUT2D eigenvalue weighted by Crippen LogP contribution is 2.26. The van der Waals surface area contributed by atoms with E-state index in [1.807, 2.05) is 12.1 Å². The van der Waals surface area contributed by atoms with E-state index in [1.54, 1.807) is 4.90 Å². The van der Waals surface area contributed by atoms with Crippen LogP contribution in [-0.2, 0) is 16.0 Å². The number of halogens is 1. The first kappa shape index (κ1) is 11.6. The fraction of sp³-hybridized carbons (Fsp3) is 0.333. The highest BCUT2D eigenvalue weighted by molar-refractivity contribution is 14.1. The number of Topliss-reactive ketones (excluding diaryl/α,β-unsaturated/α-hetero) is 1. The highest BCUT2D eigenvalue weighted by atomic mass is 127. The van der Waals surface area contributed by atoms with Crippen molar-refractivity contribution in [1.29, 1.82) is 0 Å². The van der Waals surface area contributed by atoms with Gasteiger partial charge >= 0.3 is 0 Å². The Morgan fingerprint density at radius 2 is 2.12 bits per heavy atom. The van der Waals surface area contributed by atoms with Crippen LogP contribution >= 0.6 is 22.6 Å². The van der Waals surface area contributed by atoms with Gasteiger partial charge in [-0.15, -0.1) is 0 Å². The Morgan fingerprint density at radius 1 is 1.38 bits per heavy atom. The number of nitrogens with zero attached hydrogens (tertiary/aromatic N) is 1. The van der Waals surface area contributed by atoms with Gasteiger partial charge < -0.3 is 4.90 Å². The Balaban J connectivity index is 2.40. The van der Waals surface area contributed by atoms with Gasteiger partial charge in [0.2, 0.25) is 5.91 Å². The molecular formula is C12H12INO2. The lowest BCUT2D eigenvalue weighted by molar-refractivity contribution is -0.121. The van der Waals surface area contributed by atoms with Crippen molar-refractivity contribution in [2.24, 2.45) is 0 Å². The number of carbonyl (C=O) groups excluding carboxylic acids is 2. The fourth-order valence-corrected chi connectivity index (χ4v) is 2.46. The first-order valence-corrected chi connectivity index (χ1v) is 6.30. The molecule has 0 bridgehead atoms. The number of aryl methyl sites for hydroxylation is 1. The van der Waals surface area contributed by atoms with Crippen molar-refractivity contribution in [1.82, 2.24) is 0 Å². The minimum absolute atomic E-state index is 0.00519. The smallest absolute Gasteiger partial charge is 0.234 e. The molecule has 1 fully saturated rings. The molecule has 0 saturated carbocycles. The second kappa shape index (κ2) is 4.53. The van der Waals surface area contributed by atoms with Gasteiger partial charge in [-0.3, -0.25) is 9.59 Å². The number of carbonyl (C=O) groups is 2. The van der Waals surface area contributed by atoms with E-state index in [2.05, 4.69) is 35.6 Å². The second-order valence-electron chi connectivity index (χ2n) is 3.82. The van der Waals surface area contributed by atoms with Crippen molar-refractivity contribution < 1.29 is 9.59 Å². The topological polar surface area (TPSA) is 37.4 Å². The third kappa shape index (κ3) is 2.11. The molecule has 1 saturated heterocycles. The van der Waals surface area contributed by atoms with Gasteiger partial charge in [0.05, 0.1) is 13.0 Å². The van der Waals surface area contributed by atoms with E-state index < -0.39 is 0 Å². The second-order valence-corrected chi connectivity index (χ2v) is 5.07. The van der Waals surface area contributed by atoms with Crippen LogP contribution in [0.4, 0.5) is 5.69 Å². The number of hydrogen-bond donors (Lipinski definition) is 0. The number of anilines is 1. The number of hydrogen-bond acceptors (Lipinski definition) is 2. The molecule has 4 heteroatoms. The molecule has 0 atom stereocenters. The summed E-state index contributed by atoms with van der Waals surface area (Å²) in [5.41, 5.74) is 2.01. The molecule has 0 radical (unpaired) electrons. The number of amides is 1. The van der Waals surface area contributed by atoms with Crippen LogP contribution in [0.15, 0.2) is 18.2 Å². The van der Waals surface area contributed by atoms with Crippen LogP contribution in [0, 0.1) is 3.57 Å². The molecule has 2 rings (SSSR count). The van der Waals surface area contributed by atoms with Crippen LogP contribution in [0.25, 0.3) is 0 Å². The standard InChI is InChI=1S/C12H12INO2/c1-2-8-5-9(13)3-4-11(8)14-7-10(15)6-12(14)16/h3-5H,2,6-7H2,1H3. The maximum atomic E-state index is 11.6. The molecule has 1 heterocycles. The minimum Gasteiger partial charge on any atom is -0.304 e. The monoisotopic (exact) mass is 329 g/mol. The summed E-state index contributed by atoms with van der Waals surface area (Å²) in [6.45, 7) is 2.28. The molecule has 0 N–H and O–H groups in total. The van der Waals surface area contributed by atoms with Crippen molar-refractivity contribution in [2.45, 2.75) is 19.8 Å².